The highest BCUT2D eigenvalue weighted by atomic mass is 127. The van der Waals surface area contributed by atoms with Crippen molar-refractivity contribution in [1.82, 2.24) is 15.1 Å². The van der Waals surface area contributed by atoms with Crippen LogP contribution in [0.15, 0.2) is 4.99 Å². The van der Waals surface area contributed by atoms with Gasteiger partial charge in [-0.15, -0.1) is 24.0 Å². The van der Waals surface area contributed by atoms with Gasteiger partial charge in [-0.25, -0.2) is 0 Å². The Labute approximate surface area is 146 Å². The number of halogens is 1. The maximum Gasteiger partial charge on any atom is 0.193 e. The van der Waals surface area contributed by atoms with Gasteiger partial charge >= 0.3 is 0 Å². The van der Waals surface area contributed by atoms with E-state index in [4.69, 9.17) is 0 Å². The summed E-state index contributed by atoms with van der Waals surface area (Å²) in [5.41, 5.74) is 0. The Hall–Kier alpha value is -0.0400. The molecule has 122 valence electrons. The zero-order valence-corrected chi connectivity index (χ0v) is 15.9. The largest absolute Gasteiger partial charge is 0.356 e. The molecule has 0 spiro atoms. The third-order valence-corrected chi connectivity index (χ3v) is 5.10. The van der Waals surface area contributed by atoms with Crippen LogP contribution in [0.1, 0.15) is 39.0 Å². The first-order valence-electron chi connectivity index (χ1n) is 8.46. The Morgan fingerprint density at radius 3 is 2.62 bits per heavy atom. The molecular formula is C16H31IN4. The second-order valence-electron chi connectivity index (χ2n) is 7.00. The van der Waals surface area contributed by atoms with E-state index in [1.54, 1.807) is 0 Å². The fourth-order valence-corrected chi connectivity index (χ4v) is 3.75. The Kier molecular flexibility index (Phi) is 6.59. The lowest BCUT2D eigenvalue weighted by molar-refractivity contribution is 0.264. The summed E-state index contributed by atoms with van der Waals surface area (Å²) in [5, 5.41) is 3.63. The van der Waals surface area contributed by atoms with Crippen LogP contribution in [0.5, 0.6) is 0 Å². The van der Waals surface area contributed by atoms with E-state index in [0.29, 0.717) is 0 Å². The summed E-state index contributed by atoms with van der Waals surface area (Å²) in [6, 6.07) is 0.933. The molecule has 0 bridgehead atoms. The highest BCUT2D eigenvalue weighted by Crippen LogP contribution is 2.31. The number of guanidine groups is 1. The Morgan fingerprint density at radius 2 is 1.95 bits per heavy atom. The standard InChI is InChI=1S/C16H30N4.HI/c1-13-4-3-8-20(11-13)16(17-2)18-10-14-7-9-19(12-14)15-5-6-15;/h13-15H,3-12H2,1-2H3,(H,17,18);1H. The summed E-state index contributed by atoms with van der Waals surface area (Å²) in [7, 11) is 1.92. The lowest BCUT2D eigenvalue weighted by Gasteiger charge is -2.34. The summed E-state index contributed by atoms with van der Waals surface area (Å²) >= 11 is 0. The molecule has 2 atom stereocenters. The topological polar surface area (TPSA) is 30.9 Å². The number of nitrogens with one attached hydrogen (secondary N) is 1. The van der Waals surface area contributed by atoms with Gasteiger partial charge in [0.1, 0.15) is 0 Å². The number of likely N-dealkylation sites (tertiary alicyclic amines) is 2. The molecule has 1 N–H and O–H groups in total. The number of rotatable bonds is 3. The average Bonchev–Trinajstić information content (AvgIpc) is 3.19. The predicted molar refractivity (Wildman–Crippen MR) is 99.4 cm³/mol. The fourth-order valence-electron chi connectivity index (χ4n) is 3.75. The SMILES string of the molecule is CN=C(NCC1CCN(C2CC2)C1)N1CCCC(C)C1.I. The van der Waals surface area contributed by atoms with Crippen LogP contribution < -0.4 is 5.32 Å². The highest BCUT2D eigenvalue weighted by Gasteiger charge is 2.34. The molecule has 0 aromatic carbocycles. The van der Waals surface area contributed by atoms with Gasteiger partial charge in [-0.3, -0.25) is 4.99 Å². The smallest absolute Gasteiger partial charge is 0.193 e. The molecule has 1 saturated carbocycles. The van der Waals surface area contributed by atoms with E-state index in [1.165, 1.54) is 58.3 Å². The normalized spacial score (nSPS) is 31.1. The summed E-state index contributed by atoms with van der Waals surface area (Å²) < 4.78 is 0. The van der Waals surface area contributed by atoms with Crippen LogP contribution in [0.3, 0.4) is 0 Å². The zero-order chi connectivity index (χ0) is 13.9. The molecule has 0 amide bonds. The van der Waals surface area contributed by atoms with Crippen LogP contribution in [-0.4, -0.2) is 61.6 Å². The molecule has 0 aromatic rings. The fraction of sp³-hybridized carbons (Fsp3) is 0.938. The van der Waals surface area contributed by atoms with Crippen molar-refractivity contribution in [3.05, 3.63) is 0 Å². The Morgan fingerprint density at radius 1 is 1.14 bits per heavy atom. The quantitative estimate of drug-likeness (QED) is 0.444. The van der Waals surface area contributed by atoms with E-state index in [2.05, 4.69) is 27.0 Å². The predicted octanol–water partition coefficient (Wildman–Crippen LogP) is 2.40. The summed E-state index contributed by atoms with van der Waals surface area (Å²) in [4.78, 5) is 9.63. The van der Waals surface area contributed by atoms with Gasteiger partial charge in [-0.2, -0.15) is 0 Å². The molecule has 3 aliphatic rings. The first kappa shape index (κ1) is 17.3. The maximum absolute atomic E-state index is 4.49. The van der Waals surface area contributed by atoms with Gasteiger partial charge in [0.15, 0.2) is 5.96 Å². The second-order valence-corrected chi connectivity index (χ2v) is 7.00. The summed E-state index contributed by atoms with van der Waals surface area (Å²) in [6.45, 7) is 8.40. The zero-order valence-electron chi connectivity index (χ0n) is 13.6. The Bertz CT molecular complexity index is 356. The molecule has 2 heterocycles. The summed E-state index contributed by atoms with van der Waals surface area (Å²) in [6.07, 6.45) is 6.91. The van der Waals surface area contributed by atoms with Crippen molar-refractivity contribution in [3.8, 4) is 0 Å². The molecule has 0 radical (unpaired) electrons. The molecule has 2 saturated heterocycles. The van der Waals surface area contributed by atoms with E-state index in [-0.39, 0.29) is 24.0 Å². The van der Waals surface area contributed by atoms with Crippen LogP contribution in [-0.2, 0) is 0 Å². The molecule has 4 nitrogen and oxygen atoms in total. The first-order chi connectivity index (χ1) is 9.76. The molecule has 1 aliphatic carbocycles. The lowest BCUT2D eigenvalue weighted by atomic mass is 10.0. The number of nitrogens with zero attached hydrogens (tertiary/aromatic N) is 3. The van der Waals surface area contributed by atoms with Gasteiger partial charge in [-0.05, 0) is 50.5 Å². The highest BCUT2D eigenvalue weighted by molar-refractivity contribution is 14.0. The summed E-state index contributed by atoms with van der Waals surface area (Å²) in [5.74, 6) is 2.75. The number of hydrogen-bond donors (Lipinski definition) is 1. The van der Waals surface area contributed by atoms with Gasteiger partial charge in [0, 0.05) is 39.3 Å². The molecule has 3 fully saturated rings. The maximum atomic E-state index is 4.49. The van der Waals surface area contributed by atoms with E-state index in [0.717, 1.165) is 30.4 Å². The molecule has 21 heavy (non-hydrogen) atoms. The molecule has 0 aromatic heterocycles. The van der Waals surface area contributed by atoms with E-state index in [9.17, 15) is 0 Å². The van der Waals surface area contributed by atoms with Crippen molar-refractivity contribution in [2.45, 2.75) is 45.1 Å². The monoisotopic (exact) mass is 406 g/mol. The Balaban J connectivity index is 0.00000161. The van der Waals surface area contributed by atoms with Gasteiger partial charge < -0.3 is 15.1 Å². The van der Waals surface area contributed by atoms with Gasteiger partial charge in [-0.1, -0.05) is 6.92 Å². The van der Waals surface area contributed by atoms with Crippen molar-refractivity contribution >= 4 is 29.9 Å². The van der Waals surface area contributed by atoms with Crippen molar-refractivity contribution in [3.63, 3.8) is 0 Å². The molecular weight excluding hydrogens is 375 g/mol. The number of hydrogen-bond acceptors (Lipinski definition) is 2. The van der Waals surface area contributed by atoms with Crippen molar-refractivity contribution in [2.75, 3.05) is 39.8 Å². The second kappa shape index (κ2) is 7.99. The van der Waals surface area contributed by atoms with E-state index >= 15 is 0 Å². The van der Waals surface area contributed by atoms with Crippen molar-refractivity contribution < 1.29 is 0 Å². The average molecular weight is 406 g/mol. The van der Waals surface area contributed by atoms with Crippen LogP contribution in [0, 0.1) is 11.8 Å². The van der Waals surface area contributed by atoms with E-state index in [1.807, 2.05) is 7.05 Å². The minimum absolute atomic E-state index is 0. The van der Waals surface area contributed by atoms with Crippen LogP contribution in [0.4, 0.5) is 0 Å². The molecule has 5 heteroatoms. The lowest BCUT2D eigenvalue weighted by Crippen LogP contribution is -2.47. The molecule has 2 aliphatic heterocycles. The molecule has 3 rings (SSSR count). The van der Waals surface area contributed by atoms with Crippen molar-refractivity contribution in [1.29, 1.82) is 0 Å². The van der Waals surface area contributed by atoms with Crippen molar-refractivity contribution in [2.24, 2.45) is 16.8 Å². The number of piperidine rings is 1. The molecule has 2 unspecified atom stereocenters. The van der Waals surface area contributed by atoms with Gasteiger partial charge in [0.2, 0.25) is 0 Å². The first-order valence-corrected chi connectivity index (χ1v) is 8.46. The number of aliphatic imine (C=N–C) groups is 1. The van der Waals surface area contributed by atoms with Gasteiger partial charge in [0.25, 0.3) is 0 Å². The van der Waals surface area contributed by atoms with Crippen LogP contribution in [0.2, 0.25) is 0 Å². The van der Waals surface area contributed by atoms with Crippen LogP contribution >= 0.6 is 24.0 Å². The van der Waals surface area contributed by atoms with Gasteiger partial charge in [0.05, 0.1) is 0 Å². The minimum Gasteiger partial charge on any atom is -0.356 e. The third-order valence-electron chi connectivity index (χ3n) is 5.10. The minimum atomic E-state index is 0. The van der Waals surface area contributed by atoms with E-state index < -0.39 is 0 Å². The third kappa shape index (κ3) is 4.71. The van der Waals surface area contributed by atoms with Crippen LogP contribution in [0.25, 0.3) is 0 Å².